The van der Waals surface area contributed by atoms with E-state index in [1.54, 1.807) is 12.1 Å². The zero-order chi connectivity index (χ0) is 13.4. The zero-order valence-corrected chi connectivity index (χ0v) is 11.1. The normalized spacial score (nSPS) is 13.6. The van der Waals surface area contributed by atoms with Crippen LogP contribution in [0.2, 0.25) is 0 Å². The Balaban J connectivity index is 2.57. The summed E-state index contributed by atoms with van der Waals surface area (Å²) >= 11 is 0. The summed E-state index contributed by atoms with van der Waals surface area (Å²) in [5.41, 5.74) is 6.74. The van der Waals surface area contributed by atoms with Crippen LogP contribution in [0.5, 0.6) is 0 Å². The number of hydrogen-bond acceptors (Lipinski definition) is 2. The Hall–Kier alpha value is -1.37. The van der Waals surface area contributed by atoms with Gasteiger partial charge in [0.1, 0.15) is 5.82 Å². The van der Waals surface area contributed by atoms with Crippen LogP contribution < -0.4 is 11.1 Å². The molecule has 18 heavy (non-hydrogen) atoms. The predicted molar refractivity (Wildman–Crippen MR) is 73.6 cm³/mol. The topological polar surface area (TPSA) is 38.0 Å². The van der Waals surface area contributed by atoms with Crippen molar-refractivity contribution in [2.24, 2.45) is 5.73 Å². The van der Waals surface area contributed by atoms with Crippen LogP contribution in [0.15, 0.2) is 24.3 Å². The first kappa shape index (κ1) is 14.7. The van der Waals surface area contributed by atoms with Crippen LogP contribution in [-0.2, 0) is 6.42 Å². The van der Waals surface area contributed by atoms with Gasteiger partial charge in [-0.2, -0.15) is 0 Å². The van der Waals surface area contributed by atoms with E-state index >= 15 is 0 Å². The number of hydrogen-bond donors (Lipinski definition) is 2. The minimum atomic E-state index is -0.209. The lowest BCUT2D eigenvalue weighted by Gasteiger charge is -2.29. The highest BCUT2D eigenvalue weighted by molar-refractivity contribution is 5.19. The highest BCUT2D eigenvalue weighted by atomic mass is 19.1. The Labute approximate surface area is 109 Å². The standard InChI is InChI=1S/C15H21FN2/c1-3-4-5-10-18-15(2,12-17)11-13-6-8-14(16)9-7-13/h6-9,18H,5,10-12,17H2,1-2H3. The van der Waals surface area contributed by atoms with Crippen molar-refractivity contribution in [2.45, 2.75) is 32.2 Å². The van der Waals surface area contributed by atoms with E-state index < -0.39 is 0 Å². The quantitative estimate of drug-likeness (QED) is 0.597. The predicted octanol–water partition coefficient (Wildman–Crippen LogP) is 2.09. The molecule has 3 heteroatoms. The first-order valence-electron chi connectivity index (χ1n) is 6.19. The largest absolute Gasteiger partial charge is 0.329 e. The highest BCUT2D eigenvalue weighted by Crippen LogP contribution is 2.13. The fraction of sp³-hybridized carbons (Fsp3) is 0.467. The molecule has 98 valence electrons. The van der Waals surface area contributed by atoms with E-state index in [0.717, 1.165) is 24.9 Å². The minimum absolute atomic E-state index is 0.173. The molecule has 0 aromatic heterocycles. The molecule has 0 fully saturated rings. The Morgan fingerprint density at radius 3 is 2.56 bits per heavy atom. The molecular formula is C15H21FN2. The summed E-state index contributed by atoms with van der Waals surface area (Å²) in [6, 6.07) is 6.57. The Bertz CT molecular complexity index is 416. The van der Waals surface area contributed by atoms with Crippen LogP contribution in [0.3, 0.4) is 0 Å². The minimum Gasteiger partial charge on any atom is -0.329 e. The van der Waals surface area contributed by atoms with Crippen molar-refractivity contribution in [2.75, 3.05) is 13.1 Å². The third kappa shape index (κ3) is 4.87. The third-order valence-corrected chi connectivity index (χ3v) is 2.94. The molecule has 1 aromatic rings. The van der Waals surface area contributed by atoms with E-state index in [2.05, 4.69) is 24.1 Å². The fourth-order valence-corrected chi connectivity index (χ4v) is 1.81. The third-order valence-electron chi connectivity index (χ3n) is 2.94. The summed E-state index contributed by atoms with van der Waals surface area (Å²) in [6.45, 7) is 5.26. The van der Waals surface area contributed by atoms with Crippen molar-refractivity contribution < 1.29 is 4.39 Å². The van der Waals surface area contributed by atoms with E-state index in [-0.39, 0.29) is 11.4 Å². The molecule has 1 unspecified atom stereocenters. The van der Waals surface area contributed by atoms with Gasteiger partial charge in [-0.25, -0.2) is 4.39 Å². The number of benzene rings is 1. The zero-order valence-electron chi connectivity index (χ0n) is 11.1. The van der Waals surface area contributed by atoms with Crippen molar-refractivity contribution >= 4 is 0 Å². The first-order valence-corrected chi connectivity index (χ1v) is 6.19. The molecule has 0 saturated carbocycles. The Kier molecular flexibility index (Phi) is 5.84. The summed E-state index contributed by atoms with van der Waals surface area (Å²) in [6.07, 6.45) is 1.60. The van der Waals surface area contributed by atoms with Crippen LogP contribution in [0.1, 0.15) is 25.8 Å². The molecule has 1 aromatic carbocycles. The average molecular weight is 248 g/mol. The van der Waals surface area contributed by atoms with Crippen molar-refractivity contribution in [3.63, 3.8) is 0 Å². The van der Waals surface area contributed by atoms with Gasteiger partial charge >= 0.3 is 0 Å². The molecule has 0 saturated heterocycles. The van der Waals surface area contributed by atoms with Crippen molar-refractivity contribution in [3.05, 3.63) is 35.6 Å². The highest BCUT2D eigenvalue weighted by Gasteiger charge is 2.21. The second-order valence-corrected chi connectivity index (χ2v) is 4.67. The van der Waals surface area contributed by atoms with Crippen LogP contribution in [0.4, 0.5) is 4.39 Å². The maximum Gasteiger partial charge on any atom is 0.123 e. The molecule has 0 radical (unpaired) electrons. The molecule has 0 amide bonds. The fourth-order valence-electron chi connectivity index (χ4n) is 1.81. The molecule has 1 rings (SSSR count). The molecule has 0 spiro atoms. The van der Waals surface area contributed by atoms with Gasteiger partial charge < -0.3 is 11.1 Å². The summed E-state index contributed by atoms with van der Waals surface area (Å²) in [5, 5.41) is 3.42. The van der Waals surface area contributed by atoms with Gasteiger partial charge in [0.2, 0.25) is 0 Å². The second kappa shape index (κ2) is 7.15. The Morgan fingerprint density at radius 2 is 2.00 bits per heavy atom. The summed E-state index contributed by atoms with van der Waals surface area (Å²) in [5.74, 6) is 5.67. The van der Waals surface area contributed by atoms with Gasteiger partial charge in [-0.05, 0) is 38.0 Å². The molecule has 0 aliphatic heterocycles. The summed E-state index contributed by atoms with van der Waals surface area (Å²) < 4.78 is 12.8. The number of nitrogens with two attached hydrogens (primary N) is 1. The van der Waals surface area contributed by atoms with Gasteiger partial charge in [0.05, 0.1) is 0 Å². The SMILES string of the molecule is CC#CCCNC(C)(CN)Cc1ccc(F)cc1. The van der Waals surface area contributed by atoms with Crippen molar-refractivity contribution in [1.82, 2.24) is 5.32 Å². The molecular weight excluding hydrogens is 227 g/mol. The Morgan fingerprint density at radius 1 is 1.33 bits per heavy atom. The second-order valence-electron chi connectivity index (χ2n) is 4.67. The van der Waals surface area contributed by atoms with Gasteiger partial charge in [0.15, 0.2) is 0 Å². The molecule has 0 heterocycles. The van der Waals surface area contributed by atoms with Gasteiger partial charge in [-0.3, -0.25) is 0 Å². The van der Waals surface area contributed by atoms with E-state index in [1.807, 2.05) is 6.92 Å². The molecule has 2 nitrogen and oxygen atoms in total. The smallest absolute Gasteiger partial charge is 0.123 e. The number of rotatable bonds is 6. The van der Waals surface area contributed by atoms with Crippen LogP contribution in [-0.4, -0.2) is 18.6 Å². The van der Waals surface area contributed by atoms with Gasteiger partial charge in [0.25, 0.3) is 0 Å². The van der Waals surface area contributed by atoms with Gasteiger partial charge in [-0.1, -0.05) is 12.1 Å². The lowest BCUT2D eigenvalue weighted by molar-refractivity contribution is 0.366. The number of halogens is 1. The molecule has 0 aliphatic rings. The first-order chi connectivity index (χ1) is 8.59. The monoisotopic (exact) mass is 248 g/mol. The summed E-state index contributed by atoms with van der Waals surface area (Å²) in [7, 11) is 0. The average Bonchev–Trinajstić information content (AvgIpc) is 2.38. The summed E-state index contributed by atoms with van der Waals surface area (Å²) in [4.78, 5) is 0. The lowest BCUT2D eigenvalue weighted by Crippen LogP contribution is -2.50. The van der Waals surface area contributed by atoms with Crippen molar-refractivity contribution in [3.8, 4) is 11.8 Å². The molecule has 3 N–H and O–H groups in total. The maximum absolute atomic E-state index is 12.8. The van der Waals surface area contributed by atoms with E-state index in [1.165, 1.54) is 12.1 Å². The molecule has 0 aliphatic carbocycles. The van der Waals surface area contributed by atoms with Crippen LogP contribution >= 0.6 is 0 Å². The molecule has 0 bridgehead atoms. The maximum atomic E-state index is 12.8. The van der Waals surface area contributed by atoms with Gasteiger partial charge in [-0.15, -0.1) is 11.8 Å². The van der Waals surface area contributed by atoms with Gasteiger partial charge in [0, 0.05) is 25.0 Å². The van der Waals surface area contributed by atoms with E-state index in [0.29, 0.717) is 6.54 Å². The van der Waals surface area contributed by atoms with Crippen molar-refractivity contribution in [1.29, 1.82) is 0 Å². The van der Waals surface area contributed by atoms with Crippen LogP contribution in [0.25, 0.3) is 0 Å². The molecule has 1 atom stereocenters. The lowest BCUT2D eigenvalue weighted by atomic mass is 9.92. The number of nitrogens with one attached hydrogen (secondary N) is 1. The van der Waals surface area contributed by atoms with E-state index in [9.17, 15) is 4.39 Å². The van der Waals surface area contributed by atoms with E-state index in [4.69, 9.17) is 5.73 Å². The van der Waals surface area contributed by atoms with Crippen LogP contribution in [0, 0.1) is 17.7 Å².